The van der Waals surface area contributed by atoms with E-state index in [1.54, 1.807) is 12.1 Å². The summed E-state index contributed by atoms with van der Waals surface area (Å²) in [5, 5.41) is 2.96. The van der Waals surface area contributed by atoms with Gasteiger partial charge in [0.05, 0.1) is 23.1 Å². The summed E-state index contributed by atoms with van der Waals surface area (Å²) >= 11 is 0. The fourth-order valence-corrected chi connectivity index (χ4v) is 5.84. The molecule has 0 aromatic heterocycles. The van der Waals surface area contributed by atoms with Gasteiger partial charge in [0.25, 0.3) is 0 Å². The number of piperidine rings is 1. The molecule has 7 heteroatoms. The lowest BCUT2D eigenvalue weighted by atomic mass is 9.90. The standard InChI is InChI=1S/C27H30N2O4S/c1-2-33-25-17-16-23(34(31,32)29-18-10-5-11-19-29)20-24(25)28-27(30)26(21-12-6-3-7-13-21)22-14-8-4-9-15-22/h3-4,6-9,12-17,20,26H,2,5,10-11,18-19H2,1H3,(H,28,30). The highest BCUT2D eigenvalue weighted by atomic mass is 32.2. The van der Waals surface area contributed by atoms with Crippen LogP contribution in [0.1, 0.15) is 43.2 Å². The van der Waals surface area contributed by atoms with Gasteiger partial charge in [-0.25, -0.2) is 8.42 Å². The quantitative estimate of drug-likeness (QED) is 0.493. The average Bonchev–Trinajstić information content (AvgIpc) is 2.87. The molecular formula is C27H30N2O4S. The molecule has 4 rings (SSSR count). The van der Waals surface area contributed by atoms with Crippen LogP contribution in [-0.2, 0) is 14.8 Å². The van der Waals surface area contributed by atoms with Crippen molar-refractivity contribution in [3.05, 3.63) is 90.0 Å². The Kier molecular flexibility index (Phi) is 7.65. The minimum absolute atomic E-state index is 0.157. The van der Waals surface area contributed by atoms with Crippen molar-refractivity contribution < 1.29 is 17.9 Å². The number of sulfonamides is 1. The number of carbonyl (C=O) groups is 1. The van der Waals surface area contributed by atoms with Crippen LogP contribution in [0.15, 0.2) is 83.8 Å². The summed E-state index contributed by atoms with van der Waals surface area (Å²) in [5.41, 5.74) is 2.05. The highest BCUT2D eigenvalue weighted by Crippen LogP contribution is 2.33. The summed E-state index contributed by atoms with van der Waals surface area (Å²) in [6, 6.07) is 23.8. The van der Waals surface area contributed by atoms with Crippen LogP contribution < -0.4 is 10.1 Å². The van der Waals surface area contributed by atoms with Crippen LogP contribution in [0.4, 0.5) is 5.69 Å². The molecule has 3 aromatic carbocycles. The van der Waals surface area contributed by atoms with Crippen molar-refractivity contribution in [2.45, 2.75) is 37.0 Å². The number of rotatable bonds is 8. The second kappa shape index (κ2) is 10.8. The first-order valence-electron chi connectivity index (χ1n) is 11.7. The van der Waals surface area contributed by atoms with Crippen molar-refractivity contribution in [3.8, 4) is 5.75 Å². The third-order valence-corrected chi connectivity index (χ3v) is 7.88. The molecule has 0 aliphatic carbocycles. The van der Waals surface area contributed by atoms with E-state index in [-0.39, 0.29) is 10.8 Å². The molecule has 1 saturated heterocycles. The molecule has 1 fully saturated rings. The molecule has 1 amide bonds. The molecule has 0 radical (unpaired) electrons. The Bertz CT molecular complexity index is 1170. The summed E-state index contributed by atoms with van der Waals surface area (Å²) in [6.07, 6.45) is 2.75. The molecule has 178 valence electrons. The monoisotopic (exact) mass is 478 g/mol. The zero-order valence-electron chi connectivity index (χ0n) is 19.3. The van der Waals surface area contributed by atoms with E-state index in [9.17, 15) is 13.2 Å². The zero-order chi connectivity index (χ0) is 24.0. The molecule has 0 bridgehead atoms. The number of nitrogens with one attached hydrogen (secondary N) is 1. The molecule has 6 nitrogen and oxygen atoms in total. The smallest absolute Gasteiger partial charge is 0.243 e. The summed E-state index contributed by atoms with van der Waals surface area (Å²) < 4.78 is 33.7. The number of hydrogen-bond acceptors (Lipinski definition) is 4. The molecule has 0 atom stereocenters. The maximum Gasteiger partial charge on any atom is 0.243 e. The van der Waals surface area contributed by atoms with Crippen LogP contribution in [0.2, 0.25) is 0 Å². The number of carbonyl (C=O) groups excluding carboxylic acids is 1. The third-order valence-electron chi connectivity index (χ3n) is 5.99. The van der Waals surface area contributed by atoms with Gasteiger partial charge in [0.2, 0.25) is 15.9 Å². The van der Waals surface area contributed by atoms with Crippen LogP contribution in [-0.4, -0.2) is 38.3 Å². The van der Waals surface area contributed by atoms with E-state index in [0.29, 0.717) is 31.1 Å². The molecule has 1 aliphatic heterocycles. The lowest BCUT2D eigenvalue weighted by molar-refractivity contribution is -0.116. The van der Waals surface area contributed by atoms with Gasteiger partial charge in [-0.1, -0.05) is 67.1 Å². The number of amides is 1. The van der Waals surface area contributed by atoms with E-state index in [4.69, 9.17) is 4.74 Å². The van der Waals surface area contributed by atoms with E-state index in [1.807, 2.05) is 67.6 Å². The lowest BCUT2D eigenvalue weighted by Crippen LogP contribution is -2.35. The van der Waals surface area contributed by atoms with E-state index in [0.717, 1.165) is 30.4 Å². The van der Waals surface area contributed by atoms with Gasteiger partial charge in [-0.3, -0.25) is 4.79 Å². The van der Waals surface area contributed by atoms with Gasteiger partial charge in [0.1, 0.15) is 5.75 Å². The number of benzene rings is 3. The largest absolute Gasteiger partial charge is 0.492 e. The molecule has 1 aliphatic rings. The molecule has 1 heterocycles. The highest BCUT2D eigenvalue weighted by Gasteiger charge is 2.28. The van der Waals surface area contributed by atoms with Crippen molar-refractivity contribution in [3.63, 3.8) is 0 Å². The first-order chi connectivity index (χ1) is 16.5. The molecule has 1 N–H and O–H groups in total. The lowest BCUT2D eigenvalue weighted by Gasteiger charge is -2.26. The van der Waals surface area contributed by atoms with Gasteiger partial charge in [0.15, 0.2) is 0 Å². The van der Waals surface area contributed by atoms with E-state index in [1.165, 1.54) is 10.4 Å². The van der Waals surface area contributed by atoms with Crippen molar-refractivity contribution in [1.82, 2.24) is 4.31 Å². The number of ether oxygens (including phenoxy) is 1. The first-order valence-corrected chi connectivity index (χ1v) is 13.1. The molecule has 34 heavy (non-hydrogen) atoms. The second-order valence-corrected chi connectivity index (χ2v) is 10.2. The van der Waals surface area contributed by atoms with Gasteiger partial charge in [-0.15, -0.1) is 0 Å². The van der Waals surface area contributed by atoms with E-state index < -0.39 is 15.9 Å². The third kappa shape index (κ3) is 5.32. The predicted octanol–water partition coefficient (Wildman–Crippen LogP) is 5.03. The number of anilines is 1. The van der Waals surface area contributed by atoms with Crippen LogP contribution in [0.5, 0.6) is 5.75 Å². The van der Waals surface area contributed by atoms with E-state index >= 15 is 0 Å². The maximum atomic E-state index is 13.6. The van der Waals surface area contributed by atoms with Gasteiger partial charge < -0.3 is 10.1 Å². The highest BCUT2D eigenvalue weighted by molar-refractivity contribution is 7.89. The Morgan fingerprint density at radius 1 is 0.912 bits per heavy atom. The van der Waals surface area contributed by atoms with Crippen molar-refractivity contribution >= 4 is 21.6 Å². The topological polar surface area (TPSA) is 75.7 Å². The fourth-order valence-electron chi connectivity index (χ4n) is 4.29. The fraction of sp³-hybridized carbons (Fsp3) is 0.296. The minimum Gasteiger partial charge on any atom is -0.492 e. The predicted molar refractivity (Wildman–Crippen MR) is 134 cm³/mol. The van der Waals surface area contributed by atoms with E-state index in [2.05, 4.69) is 5.32 Å². The summed E-state index contributed by atoms with van der Waals surface area (Å²) in [5.74, 6) is -0.376. The van der Waals surface area contributed by atoms with Crippen molar-refractivity contribution in [1.29, 1.82) is 0 Å². The maximum absolute atomic E-state index is 13.6. The number of nitrogens with zero attached hydrogens (tertiary/aromatic N) is 1. The average molecular weight is 479 g/mol. The first kappa shape index (κ1) is 24.0. The molecular weight excluding hydrogens is 448 g/mol. The van der Waals surface area contributed by atoms with Gasteiger partial charge in [0, 0.05) is 13.1 Å². The number of hydrogen-bond donors (Lipinski definition) is 1. The summed E-state index contributed by atoms with van der Waals surface area (Å²) in [6.45, 7) is 3.27. The Hall–Kier alpha value is -3.16. The summed E-state index contributed by atoms with van der Waals surface area (Å²) in [4.78, 5) is 13.8. The second-order valence-electron chi connectivity index (χ2n) is 8.30. The van der Waals surface area contributed by atoms with Crippen molar-refractivity contribution in [2.75, 3.05) is 25.0 Å². The molecule has 3 aromatic rings. The molecule has 0 spiro atoms. The Labute approximate surface area is 201 Å². The summed E-state index contributed by atoms with van der Waals surface area (Å²) in [7, 11) is -3.65. The van der Waals surface area contributed by atoms with Gasteiger partial charge in [-0.05, 0) is 49.1 Å². The van der Waals surface area contributed by atoms with Crippen LogP contribution in [0.25, 0.3) is 0 Å². The van der Waals surface area contributed by atoms with Crippen LogP contribution in [0, 0.1) is 0 Å². The van der Waals surface area contributed by atoms with Gasteiger partial charge in [-0.2, -0.15) is 4.31 Å². The Morgan fingerprint density at radius 3 is 2.06 bits per heavy atom. The minimum atomic E-state index is -3.65. The molecule has 0 saturated carbocycles. The van der Waals surface area contributed by atoms with Gasteiger partial charge >= 0.3 is 0 Å². The SMILES string of the molecule is CCOc1ccc(S(=O)(=O)N2CCCCC2)cc1NC(=O)C(c1ccccc1)c1ccccc1. The Morgan fingerprint density at radius 2 is 1.50 bits per heavy atom. The Balaban J connectivity index is 1.69. The van der Waals surface area contributed by atoms with Crippen LogP contribution >= 0.6 is 0 Å². The molecule has 0 unspecified atom stereocenters. The zero-order valence-corrected chi connectivity index (χ0v) is 20.1. The normalized spacial score (nSPS) is 14.6. The van der Waals surface area contributed by atoms with Crippen molar-refractivity contribution in [2.24, 2.45) is 0 Å². The van der Waals surface area contributed by atoms with Crippen LogP contribution in [0.3, 0.4) is 0 Å².